The largest absolute Gasteiger partial charge is 0.381 e. The molecule has 3 unspecified atom stereocenters. The first-order valence-electron chi connectivity index (χ1n) is 5.58. The number of hydrogen-bond acceptors (Lipinski definition) is 4. The van der Waals surface area contributed by atoms with E-state index in [-0.39, 0.29) is 0 Å². The van der Waals surface area contributed by atoms with Crippen LogP contribution in [0.4, 0.5) is 5.82 Å². The van der Waals surface area contributed by atoms with E-state index in [1.54, 1.807) is 11.0 Å². The molecule has 2 aliphatic rings. The van der Waals surface area contributed by atoms with E-state index in [4.69, 9.17) is 10.5 Å². The predicted molar refractivity (Wildman–Crippen MR) is 55.0 cm³/mol. The molecule has 82 valence electrons. The Morgan fingerprint density at radius 1 is 1.53 bits per heavy atom. The Bertz CT molecular complexity index is 351. The second kappa shape index (κ2) is 3.48. The van der Waals surface area contributed by atoms with E-state index in [1.165, 1.54) is 19.3 Å². The van der Waals surface area contributed by atoms with Gasteiger partial charge in [0.25, 0.3) is 0 Å². The lowest BCUT2D eigenvalue weighted by Crippen LogP contribution is -2.26. The van der Waals surface area contributed by atoms with Crippen molar-refractivity contribution in [3.8, 4) is 0 Å². The highest BCUT2D eigenvalue weighted by Gasteiger charge is 2.36. The quantitative estimate of drug-likeness (QED) is 0.776. The summed E-state index contributed by atoms with van der Waals surface area (Å²) in [7, 11) is 0. The summed E-state index contributed by atoms with van der Waals surface area (Å²) in [4.78, 5) is 1.72. The summed E-state index contributed by atoms with van der Waals surface area (Å²) in [5.41, 5.74) is 5.54. The Hall–Kier alpha value is -1.10. The van der Waals surface area contributed by atoms with Crippen molar-refractivity contribution in [2.75, 3.05) is 12.3 Å². The van der Waals surface area contributed by atoms with Crippen molar-refractivity contribution in [2.24, 2.45) is 11.8 Å². The summed E-state index contributed by atoms with van der Waals surface area (Å²) >= 11 is 0. The number of fused-ring (bicyclic) bond motifs is 2. The van der Waals surface area contributed by atoms with Crippen LogP contribution in [0.2, 0.25) is 0 Å². The standard InChI is InChI=1S/C10H16N4O/c11-10-4-12-14(13-10)5-7-1-2-9-3-8(7)6-15-9/h4,7-9H,1-3,5-6H2,(H2,11,13). The van der Waals surface area contributed by atoms with Crippen molar-refractivity contribution in [3.63, 3.8) is 0 Å². The molecule has 1 aliphatic heterocycles. The molecule has 0 radical (unpaired) electrons. The van der Waals surface area contributed by atoms with Crippen molar-refractivity contribution >= 4 is 5.82 Å². The van der Waals surface area contributed by atoms with Gasteiger partial charge in [-0.05, 0) is 31.1 Å². The van der Waals surface area contributed by atoms with Crippen molar-refractivity contribution in [2.45, 2.75) is 31.9 Å². The minimum Gasteiger partial charge on any atom is -0.381 e. The van der Waals surface area contributed by atoms with E-state index < -0.39 is 0 Å². The third-order valence-corrected chi connectivity index (χ3v) is 3.59. The maximum absolute atomic E-state index is 5.68. The molecule has 0 amide bonds. The first-order valence-corrected chi connectivity index (χ1v) is 5.58. The van der Waals surface area contributed by atoms with Crippen molar-refractivity contribution in [1.82, 2.24) is 15.0 Å². The minimum absolute atomic E-state index is 0.506. The number of rotatable bonds is 2. The molecule has 1 aromatic rings. The topological polar surface area (TPSA) is 66.0 Å². The Balaban J connectivity index is 1.67. The lowest BCUT2D eigenvalue weighted by atomic mass is 9.80. The second-order valence-corrected chi connectivity index (χ2v) is 4.61. The van der Waals surface area contributed by atoms with Crippen molar-refractivity contribution in [1.29, 1.82) is 0 Å². The Kier molecular flexibility index (Phi) is 2.12. The normalized spacial score (nSPS) is 34.5. The third kappa shape index (κ3) is 1.71. The molecular formula is C10H16N4O. The highest BCUT2D eigenvalue weighted by atomic mass is 16.5. The van der Waals surface area contributed by atoms with Gasteiger partial charge in [0, 0.05) is 0 Å². The lowest BCUT2D eigenvalue weighted by molar-refractivity contribution is 0.107. The zero-order valence-electron chi connectivity index (χ0n) is 8.67. The van der Waals surface area contributed by atoms with Gasteiger partial charge in [-0.15, -0.1) is 5.10 Å². The maximum atomic E-state index is 5.68. The van der Waals surface area contributed by atoms with Gasteiger partial charge < -0.3 is 10.5 Å². The number of nitrogens with zero attached hydrogens (tertiary/aromatic N) is 3. The highest BCUT2D eigenvalue weighted by molar-refractivity contribution is 5.19. The second-order valence-electron chi connectivity index (χ2n) is 4.61. The first-order chi connectivity index (χ1) is 7.31. The summed E-state index contributed by atoms with van der Waals surface area (Å²) in [6.07, 6.45) is 5.79. The summed E-state index contributed by atoms with van der Waals surface area (Å²) in [6.45, 7) is 1.81. The maximum Gasteiger partial charge on any atom is 0.165 e. The number of nitrogens with two attached hydrogens (primary N) is 1. The molecule has 1 aliphatic carbocycles. The number of hydrogen-bond donors (Lipinski definition) is 1. The van der Waals surface area contributed by atoms with Crippen LogP contribution in [-0.4, -0.2) is 27.7 Å². The lowest BCUT2D eigenvalue weighted by Gasteiger charge is -2.26. The van der Waals surface area contributed by atoms with Gasteiger partial charge in [-0.3, -0.25) is 0 Å². The molecule has 2 heterocycles. The monoisotopic (exact) mass is 208 g/mol. The van der Waals surface area contributed by atoms with Crippen LogP contribution in [0.1, 0.15) is 19.3 Å². The smallest absolute Gasteiger partial charge is 0.165 e. The van der Waals surface area contributed by atoms with E-state index in [9.17, 15) is 0 Å². The van der Waals surface area contributed by atoms with Gasteiger partial charge in [0.2, 0.25) is 0 Å². The van der Waals surface area contributed by atoms with Crippen molar-refractivity contribution < 1.29 is 4.74 Å². The molecule has 2 bridgehead atoms. The molecule has 5 nitrogen and oxygen atoms in total. The van der Waals surface area contributed by atoms with Gasteiger partial charge >= 0.3 is 0 Å². The summed E-state index contributed by atoms with van der Waals surface area (Å²) in [6, 6.07) is 0. The van der Waals surface area contributed by atoms with Crippen LogP contribution in [0, 0.1) is 11.8 Å². The highest BCUT2D eigenvalue weighted by Crippen LogP contribution is 2.38. The molecule has 2 fully saturated rings. The van der Waals surface area contributed by atoms with Crippen LogP contribution >= 0.6 is 0 Å². The molecule has 1 saturated heterocycles. The molecule has 3 atom stereocenters. The van der Waals surface area contributed by atoms with Gasteiger partial charge in [0.1, 0.15) is 0 Å². The molecular weight excluding hydrogens is 192 g/mol. The van der Waals surface area contributed by atoms with E-state index in [0.29, 0.717) is 23.8 Å². The van der Waals surface area contributed by atoms with Crippen LogP contribution in [-0.2, 0) is 11.3 Å². The van der Waals surface area contributed by atoms with Crippen LogP contribution < -0.4 is 5.73 Å². The van der Waals surface area contributed by atoms with Gasteiger partial charge in [-0.2, -0.15) is 9.90 Å². The van der Waals surface area contributed by atoms with Crippen LogP contribution in [0.5, 0.6) is 0 Å². The van der Waals surface area contributed by atoms with Gasteiger partial charge in [0.05, 0.1) is 25.5 Å². The fraction of sp³-hybridized carbons (Fsp3) is 0.800. The number of aromatic nitrogens is 3. The summed E-state index contributed by atoms with van der Waals surface area (Å²) in [5, 5.41) is 8.26. The predicted octanol–water partition coefficient (Wildman–Crippen LogP) is 0.675. The molecule has 15 heavy (non-hydrogen) atoms. The number of ether oxygens (including phenoxy) is 1. The zero-order valence-corrected chi connectivity index (χ0v) is 8.67. The average Bonchev–Trinajstić information content (AvgIpc) is 2.79. The Morgan fingerprint density at radius 3 is 3.27 bits per heavy atom. The van der Waals surface area contributed by atoms with Crippen LogP contribution in [0.3, 0.4) is 0 Å². The first kappa shape index (κ1) is 9.15. The summed E-state index contributed by atoms with van der Waals surface area (Å²) < 4.78 is 5.68. The zero-order chi connectivity index (χ0) is 10.3. The van der Waals surface area contributed by atoms with E-state index >= 15 is 0 Å². The number of anilines is 1. The fourth-order valence-corrected chi connectivity index (χ4v) is 2.75. The molecule has 0 spiro atoms. The molecule has 1 saturated carbocycles. The number of nitrogen functional groups attached to an aromatic ring is 1. The average molecular weight is 208 g/mol. The molecule has 5 heteroatoms. The summed E-state index contributed by atoms with van der Waals surface area (Å²) in [5.74, 6) is 1.87. The molecule has 0 aromatic carbocycles. The van der Waals surface area contributed by atoms with Gasteiger partial charge in [-0.25, -0.2) is 0 Å². The van der Waals surface area contributed by atoms with Crippen LogP contribution in [0.25, 0.3) is 0 Å². The van der Waals surface area contributed by atoms with E-state index in [0.717, 1.165) is 13.2 Å². The SMILES string of the molecule is Nc1cnn(CC2CCC3CC2CO3)n1. The van der Waals surface area contributed by atoms with E-state index in [1.807, 2.05) is 0 Å². The Labute approximate surface area is 88.6 Å². The van der Waals surface area contributed by atoms with E-state index in [2.05, 4.69) is 10.2 Å². The van der Waals surface area contributed by atoms with Gasteiger partial charge in [0.15, 0.2) is 5.82 Å². The fourth-order valence-electron chi connectivity index (χ4n) is 2.75. The molecule has 1 aromatic heterocycles. The molecule has 3 rings (SSSR count). The minimum atomic E-state index is 0.506. The molecule has 2 N–H and O–H groups in total. The van der Waals surface area contributed by atoms with Crippen molar-refractivity contribution in [3.05, 3.63) is 6.20 Å². The Morgan fingerprint density at radius 2 is 2.47 bits per heavy atom. The third-order valence-electron chi connectivity index (χ3n) is 3.59. The van der Waals surface area contributed by atoms with Gasteiger partial charge in [-0.1, -0.05) is 0 Å². The van der Waals surface area contributed by atoms with Crippen LogP contribution in [0.15, 0.2) is 6.20 Å².